The molecule has 1 fully saturated rings. The average Bonchev–Trinajstić information content (AvgIpc) is 2.26. The van der Waals surface area contributed by atoms with Crippen LogP contribution in [-0.4, -0.2) is 24.0 Å². The quantitative estimate of drug-likeness (QED) is 0.906. The Morgan fingerprint density at radius 2 is 2.05 bits per heavy atom. The molecule has 0 amide bonds. The van der Waals surface area contributed by atoms with Crippen molar-refractivity contribution in [3.8, 4) is 0 Å². The Hall–Kier alpha value is -0.780. The lowest BCUT2D eigenvalue weighted by Crippen LogP contribution is -2.42. The summed E-state index contributed by atoms with van der Waals surface area (Å²) in [6, 6.07) is 3.80. The van der Waals surface area contributed by atoms with E-state index in [9.17, 15) is 13.2 Å². The van der Waals surface area contributed by atoms with E-state index in [2.05, 4.69) is 4.90 Å². The number of halogens is 4. The standard InChI is InChI=1S/C13H16ClF3N2/c14-11-5-9(4-10(6-11)13(15,16)17)7-19-3-1-2-12(18)8-19/h4-6,12H,1-3,7-8,18H2. The summed E-state index contributed by atoms with van der Waals surface area (Å²) in [5.41, 5.74) is 5.74. The van der Waals surface area contributed by atoms with Crippen LogP contribution >= 0.6 is 11.6 Å². The molecule has 1 unspecified atom stereocenters. The molecule has 0 aromatic heterocycles. The van der Waals surface area contributed by atoms with E-state index in [1.165, 1.54) is 0 Å². The van der Waals surface area contributed by atoms with Crippen LogP contribution in [0.5, 0.6) is 0 Å². The van der Waals surface area contributed by atoms with Gasteiger partial charge >= 0.3 is 6.18 Å². The molecule has 6 heteroatoms. The molecule has 1 saturated heterocycles. The van der Waals surface area contributed by atoms with Gasteiger partial charge in [-0.1, -0.05) is 11.6 Å². The van der Waals surface area contributed by atoms with Gasteiger partial charge in [-0.3, -0.25) is 4.90 Å². The zero-order chi connectivity index (χ0) is 14.0. The first-order valence-electron chi connectivity index (χ1n) is 6.19. The zero-order valence-corrected chi connectivity index (χ0v) is 11.1. The van der Waals surface area contributed by atoms with Gasteiger partial charge in [-0.05, 0) is 43.1 Å². The lowest BCUT2D eigenvalue weighted by atomic mass is 10.0. The molecule has 2 rings (SSSR count). The summed E-state index contributed by atoms with van der Waals surface area (Å²) in [6.45, 7) is 2.03. The van der Waals surface area contributed by atoms with Crippen LogP contribution in [0.2, 0.25) is 5.02 Å². The van der Waals surface area contributed by atoms with Gasteiger partial charge < -0.3 is 5.73 Å². The van der Waals surface area contributed by atoms with Crippen molar-refractivity contribution < 1.29 is 13.2 Å². The smallest absolute Gasteiger partial charge is 0.327 e. The minimum atomic E-state index is -4.36. The highest BCUT2D eigenvalue weighted by molar-refractivity contribution is 6.30. The fourth-order valence-electron chi connectivity index (χ4n) is 2.40. The molecule has 1 aliphatic rings. The van der Waals surface area contributed by atoms with Gasteiger partial charge in [-0.25, -0.2) is 0 Å². The monoisotopic (exact) mass is 292 g/mol. The Kier molecular flexibility index (Phi) is 4.38. The average molecular weight is 293 g/mol. The lowest BCUT2D eigenvalue weighted by molar-refractivity contribution is -0.137. The first-order valence-corrected chi connectivity index (χ1v) is 6.57. The van der Waals surface area contributed by atoms with Crippen LogP contribution < -0.4 is 5.73 Å². The summed E-state index contributed by atoms with van der Waals surface area (Å²) < 4.78 is 38.1. The molecule has 1 aromatic rings. The van der Waals surface area contributed by atoms with Gasteiger partial charge in [0.15, 0.2) is 0 Å². The van der Waals surface area contributed by atoms with E-state index >= 15 is 0 Å². The van der Waals surface area contributed by atoms with Crippen LogP contribution in [0.15, 0.2) is 18.2 Å². The maximum atomic E-state index is 12.7. The fourth-order valence-corrected chi connectivity index (χ4v) is 2.66. The molecular weight excluding hydrogens is 277 g/mol. The number of nitrogens with two attached hydrogens (primary N) is 1. The molecule has 0 bridgehead atoms. The van der Waals surface area contributed by atoms with Crippen molar-refractivity contribution in [3.63, 3.8) is 0 Å². The molecular formula is C13H16ClF3N2. The number of hydrogen-bond donors (Lipinski definition) is 1. The van der Waals surface area contributed by atoms with Crippen LogP contribution in [0.4, 0.5) is 13.2 Å². The summed E-state index contributed by atoms with van der Waals surface area (Å²) in [6.07, 6.45) is -2.41. The normalized spacial score (nSPS) is 21.6. The van der Waals surface area contributed by atoms with Crippen LogP contribution in [0.25, 0.3) is 0 Å². The molecule has 2 N–H and O–H groups in total. The maximum absolute atomic E-state index is 12.7. The minimum Gasteiger partial charge on any atom is -0.327 e. The van der Waals surface area contributed by atoms with Crippen molar-refractivity contribution in [2.24, 2.45) is 5.73 Å². The van der Waals surface area contributed by atoms with Crippen molar-refractivity contribution in [1.29, 1.82) is 0 Å². The van der Waals surface area contributed by atoms with Gasteiger partial charge in [0.05, 0.1) is 5.56 Å². The van der Waals surface area contributed by atoms with Crippen LogP contribution in [-0.2, 0) is 12.7 Å². The van der Waals surface area contributed by atoms with Crippen molar-refractivity contribution in [2.75, 3.05) is 13.1 Å². The molecule has 0 radical (unpaired) electrons. The Balaban J connectivity index is 2.14. The van der Waals surface area contributed by atoms with E-state index in [1.54, 1.807) is 6.07 Å². The first kappa shape index (κ1) is 14.6. The first-order chi connectivity index (χ1) is 8.84. The lowest BCUT2D eigenvalue weighted by Gasteiger charge is -2.30. The highest BCUT2D eigenvalue weighted by atomic mass is 35.5. The predicted octanol–water partition coefficient (Wildman–Crippen LogP) is 3.28. The summed E-state index contributed by atoms with van der Waals surface area (Å²) in [5, 5.41) is 0.117. The summed E-state index contributed by atoms with van der Waals surface area (Å²) in [7, 11) is 0. The Labute approximate surface area is 115 Å². The second kappa shape index (κ2) is 5.69. The Morgan fingerprint density at radius 1 is 1.32 bits per heavy atom. The maximum Gasteiger partial charge on any atom is 0.416 e. The van der Waals surface area contributed by atoms with Crippen LogP contribution in [0, 0.1) is 0 Å². The molecule has 0 saturated carbocycles. The van der Waals surface area contributed by atoms with Crippen LogP contribution in [0.1, 0.15) is 24.0 Å². The SMILES string of the molecule is NC1CCCN(Cc2cc(Cl)cc(C(F)(F)F)c2)C1. The topological polar surface area (TPSA) is 29.3 Å². The molecule has 2 nitrogen and oxygen atoms in total. The molecule has 1 atom stereocenters. The van der Waals surface area contributed by atoms with Gasteiger partial charge in [-0.2, -0.15) is 13.2 Å². The number of hydrogen-bond acceptors (Lipinski definition) is 2. The summed E-state index contributed by atoms with van der Waals surface area (Å²) in [5.74, 6) is 0. The van der Waals surface area contributed by atoms with Gasteiger partial charge in [0, 0.05) is 24.2 Å². The number of piperidine rings is 1. The van der Waals surface area contributed by atoms with Crippen LogP contribution in [0.3, 0.4) is 0 Å². The molecule has 1 heterocycles. The molecule has 0 spiro atoms. The molecule has 19 heavy (non-hydrogen) atoms. The summed E-state index contributed by atoms with van der Waals surface area (Å²) in [4.78, 5) is 2.07. The largest absolute Gasteiger partial charge is 0.416 e. The predicted molar refractivity (Wildman–Crippen MR) is 68.9 cm³/mol. The van der Waals surface area contributed by atoms with Crippen molar-refractivity contribution in [3.05, 3.63) is 34.3 Å². The second-order valence-electron chi connectivity index (χ2n) is 4.98. The summed E-state index contributed by atoms with van der Waals surface area (Å²) >= 11 is 5.76. The molecule has 1 aromatic carbocycles. The Morgan fingerprint density at radius 3 is 2.68 bits per heavy atom. The molecule has 106 valence electrons. The van der Waals surface area contributed by atoms with E-state index in [1.807, 2.05) is 0 Å². The number of nitrogens with zero attached hydrogens (tertiary/aromatic N) is 1. The third-order valence-corrected chi connectivity index (χ3v) is 3.45. The number of likely N-dealkylation sites (tertiary alicyclic amines) is 1. The third kappa shape index (κ3) is 4.09. The Bertz CT molecular complexity index is 448. The van der Waals surface area contributed by atoms with Crippen molar-refractivity contribution in [2.45, 2.75) is 31.6 Å². The third-order valence-electron chi connectivity index (χ3n) is 3.23. The molecule has 1 aliphatic heterocycles. The van der Waals surface area contributed by atoms with Gasteiger partial charge in [0.25, 0.3) is 0 Å². The molecule has 0 aliphatic carbocycles. The van der Waals surface area contributed by atoms with E-state index in [-0.39, 0.29) is 11.1 Å². The fraction of sp³-hybridized carbons (Fsp3) is 0.538. The highest BCUT2D eigenvalue weighted by Crippen LogP contribution is 2.32. The highest BCUT2D eigenvalue weighted by Gasteiger charge is 2.31. The number of benzene rings is 1. The second-order valence-corrected chi connectivity index (χ2v) is 5.42. The van der Waals surface area contributed by atoms with Gasteiger partial charge in [0.1, 0.15) is 0 Å². The van der Waals surface area contributed by atoms with E-state index in [4.69, 9.17) is 17.3 Å². The van der Waals surface area contributed by atoms with E-state index in [0.717, 1.165) is 31.5 Å². The van der Waals surface area contributed by atoms with Gasteiger partial charge in [0.2, 0.25) is 0 Å². The number of rotatable bonds is 2. The van der Waals surface area contributed by atoms with Crippen molar-refractivity contribution >= 4 is 11.6 Å². The van der Waals surface area contributed by atoms with E-state index in [0.29, 0.717) is 18.7 Å². The minimum absolute atomic E-state index is 0.107. The van der Waals surface area contributed by atoms with Gasteiger partial charge in [-0.15, -0.1) is 0 Å². The number of alkyl halides is 3. The van der Waals surface area contributed by atoms with Crippen molar-refractivity contribution in [1.82, 2.24) is 4.90 Å². The zero-order valence-electron chi connectivity index (χ0n) is 10.4. The van der Waals surface area contributed by atoms with E-state index < -0.39 is 11.7 Å².